The highest BCUT2D eigenvalue weighted by molar-refractivity contribution is 7.89. The molecule has 1 aromatic heterocycles. The second-order valence-corrected chi connectivity index (χ2v) is 8.81. The van der Waals surface area contributed by atoms with Crippen LogP contribution in [0.3, 0.4) is 0 Å². The summed E-state index contributed by atoms with van der Waals surface area (Å²) >= 11 is 0. The average Bonchev–Trinajstić information content (AvgIpc) is 2.99. The molecule has 0 aliphatic rings. The molecule has 1 aromatic carbocycles. The van der Waals surface area contributed by atoms with E-state index in [0.717, 1.165) is 30.0 Å². The van der Waals surface area contributed by atoms with Crippen LogP contribution < -0.4 is 9.46 Å². The van der Waals surface area contributed by atoms with Crippen molar-refractivity contribution in [1.82, 2.24) is 4.72 Å². The van der Waals surface area contributed by atoms with E-state index in [9.17, 15) is 21.6 Å². The first-order valence-electron chi connectivity index (χ1n) is 8.28. The lowest BCUT2D eigenvalue weighted by Crippen LogP contribution is -2.36. The van der Waals surface area contributed by atoms with Gasteiger partial charge in [0.25, 0.3) is 0 Å². The molecule has 5 nitrogen and oxygen atoms in total. The minimum Gasteiger partial charge on any atom is -0.464 e. The fourth-order valence-electron chi connectivity index (χ4n) is 2.44. The highest BCUT2D eigenvalue weighted by Crippen LogP contribution is 2.35. The third kappa shape index (κ3) is 5.74. The molecule has 27 heavy (non-hydrogen) atoms. The van der Waals surface area contributed by atoms with Crippen molar-refractivity contribution < 1.29 is 30.7 Å². The van der Waals surface area contributed by atoms with Gasteiger partial charge in [-0.25, -0.2) is 8.42 Å². The molecule has 0 aliphatic heterocycles. The van der Waals surface area contributed by atoms with Gasteiger partial charge in [0.15, 0.2) is 0 Å². The second kappa shape index (κ2) is 7.55. The number of alkyl halides is 3. The summed E-state index contributed by atoms with van der Waals surface area (Å²) in [7, 11) is -4.00. The predicted octanol–water partition coefficient (Wildman–Crippen LogP) is 4.81. The molecule has 0 saturated heterocycles. The van der Waals surface area contributed by atoms with Crippen molar-refractivity contribution in [3.8, 4) is 5.75 Å². The van der Waals surface area contributed by atoms with E-state index >= 15 is 0 Å². The van der Waals surface area contributed by atoms with Crippen molar-refractivity contribution >= 4 is 10.0 Å². The van der Waals surface area contributed by atoms with E-state index in [0.29, 0.717) is 12.2 Å². The van der Waals surface area contributed by atoms with Crippen LogP contribution in [0.4, 0.5) is 13.2 Å². The molecular weight excluding hydrogens is 383 g/mol. The van der Waals surface area contributed by atoms with Gasteiger partial charge in [-0.05, 0) is 41.8 Å². The Labute approximate surface area is 156 Å². The number of nitrogens with one attached hydrogen (secondary N) is 1. The number of benzene rings is 1. The molecule has 0 bridgehead atoms. The largest absolute Gasteiger partial charge is 0.573 e. The first-order valence-corrected chi connectivity index (χ1v) is 9.77. The van der Waals surface area contributed by atoms with E-state index in [1.54, 1.807) is 12.1 Å². The van der Waals surface area contributed by atoms with Crippen molar-refractivity contribution in [2.24, 2.45) is 5.41 Å². The summed E-state index contributed by atoms with van der Waals surface area (Å²) in [4.78, 5) is -0.173. The van der Waals surface area contributed by atoms with E-state index in [1.807, 2.05) is 27.7 Å². The van der Waals surface area contributed by atoms with Crippen LogP contribution in [0.25, 0.3) is 0 Å². The quantitative estimate of drug-likeness (QED) is 0.749. The van der Waals surface area contributed by atoms with E-state index in [4.69, 9.17) is 4.42 Å². The highest BCUT2D eigenvalue weighted by atomic mass is 32.2. The molecule has 0 radical (unpaired) electrons. The maximum Gasteiger partial charge on any atom is 0.573 e. The van der Waals surface area contributed by atoms with Crippen LogP contribution in [0.2, 0.25) is 0 Å². The monoisotopic (exact) mass is 405 g/mol. The summed E-state index contributed by atoms with van der Waals surface area (Å²) < 4.78 is 74.2. The number of sulfonamides is 1. The van der Waals surface area contributed by atoms with E-state index in [2.05, 4.69) is 9.46 Å². The van der Waals surface area contributed by atoms with Gasteiger partial charge < -0.3 is 9.15 Å². The lowest BCUT2D eigenvalue weighted by Gasteiger charge is -2.29. The van der Waals surface area contributed by atoms with Crippen LogP contribution in [0.5, 0.6) is 5.75 Å². The topological polar surface area (TPSA) is 68.5 Å². The lowest BCUT2D eigenvalue weighted by atomic mass is 9.86. The Morgan fingerprint density at radius 1 is 1.07 bits per heavy atom. The average molecular weight is 405 g/mol. The van der Waals surface area contributed by atoms with Gasteiger partial charge in [-0.2, -0.15) is 4.72 Å². The summed E-state index contributed by atoms with van der Waals surface area (Å²) in [5.41, 5.74) is -0.505. The van der Waals surface area contributed by atoms with Crippen molar-refractivity contribution in [3.05, 3.63) is 47.9 Å². The predicted molar refractivity (Wildman–Crippen MR) is 93.7 cm³/mol. The fourth-order valence-corrected chi connectivity index (χ4v) is 3.86. The zero-order valence-electron chi connectivity index (χ0n) is 15.4. The van der Waals surface area contributed by atoms with Gasteiger partial charge in [0.05, 0.1) is 10.9 Å². The van der Waals surface area contributed by atoms with E-state index < -0.39 is 33.6 Å². The van der Waals surface area contributed by atoms with Gasteiger partial charge in [-0.15, -0.1) is 13.2 Å². The molecule has 0 fully saturated rings. The Kier molecular flexibility index (Phi) is 5.96. The summed E-state index contributed by atoms with van der Waals surface area (Å²) in [6, 6.07) is 6.87. The van der Waals surface area contributed by atoms with Crippen molar-refractivity contribution in [1.29, 1.82) is 0 Å². The van der Waals surface area contributed by atoms with Crippen LogP contribution in [0.1, 0.15) is 45.3 Å². The van der Waals surface area contributed by atoms with Crippen LogP contribution in [0, 0.1) is 5.41 Å². The molecule has 2 rings (SSSR count). The van der Waals surface area contributed by atoms with Crippen molar-refractivity contribution in [3.63, 3.8) is 0 Å². The third-order valence-corrected chi connectivity index (χ3v) is 5.26. The molecule has 0 aliphatic carbocycles. The number of rotatable bonds is 6. The third-order valence-electron chi connectivity index (χ3n) is 3.82. The number of halogens is 3. The molecule has 2 aromatic rings. The standard InChI is InChI=1S/C18H22F3NO4S/c1-5-12-8-11-15(25-12)16(17(2,3)4)22-27(23,24)14-9-6-13(7-10-14)26-18(19,20)21/h6-11,16,22H,5H2,1-4H3/t16-/m0/s1. The lowest BCUT2D eigenvalue weighted by molar-refractivity contribution is -0.274. The van der Waals surface area contributed by atoms with Crippen LogP contribution in [-0.2, 0) is 16.4 Å². The Hall–Kier alpha value is -2.00. The molecule has 1 N–H and O–H groups in total. The second-order valence-electron chi connectivity index (χ2n) is 7.10. The first kappa shape index (κ1) is 21.3. The van der Waals surface area contributed by atoms with Crippen LogP contribution in [0.15, 0.2) is 45.7 Å². The number of hydrogen-bond donors (Lipinski definition) is 1. The SMILES string of the molecule is CCc1ccc([C@H](NS(=O)(=O)c2ccc(OC(F)(F)F)cc2)C(C)(C)C)o1. The number of aryl methyl sites for hydroxylation is 1. The smallest absolute Gasteiger partial charge is 0.464 e. The van der Waals surface area contributed by atoms with E-state index in [-0.39, 0.29) is 4.90 Å². The van der Waals surface area contributed by atoms with E-state index in [1.165, 1.54) is 0 Å². The molecular formula is C18H22F3NO4S. The molecule has 1 atom stereocenters. The Balaban J connectivity index is 2.28. The molecule has 150 valence electrons. The zero-order valence-corrected chi connectivity index (χ0v) is 16.2. The maximum absolute atomic E-state index is 12.7. The normalized spacial score (nSPS) is 14.2. The maximum atomic E-state index is 12.7. The fraction of sp³-hybridized carbons (Fsp3) is 0.444. The Bertz CT molecular complexity index is 865. The molecule has 0 saturated carbocycles. The molecule has 0 amide bonds. The molecule has 0 spiro atoms. The summed E-state index contributed by atoms with van der Waals surface area (Å²) in [6.45, 7) is 7.49. The van der Waals surface area contributed by atoms with Gasteiger partial charge in [-0.1, -0.05) is 27.7 Å². The van der Waals surface area contributed by atoms with Gasteiger partial charge >= 0.3 is 6.36 Å². The molecule has 0 unspecified atom stereocenters. The molecule has 9 heteroatoms. The summed E-state index contributed by atoms with van der Waals surface area (Å²) in [5.74, 6) is 0.708. The summed E-state index contributed by atoms with van der Waals surface area (Å²) in [6.07, 6.45) is -4.17. The highest BCUT2D eigenvalue weighted by Gasteiger charge is 2.34. The Morgan fingerprint density at radius 2 is 1.67 bits per heavy atom. The van der Waals surface area contributed by atoms with Crippen molar-refractivity contribution in [2.75, 3.05) is 0 Å². The molecule has 1 heterocycles. The van der Waals surface area contributed by atoms with Crippen molar-refractivity contribution in [2.45, 2.75) is 51.4 Å². The Morgan fingerprint density at radius 3 is 2.11 bits per heavy atom. The summed E-state index contributed by atoms with van der Waals surface area (Å²) in [5, 5.41) is 0. The van der Waals surface area contributed by atoms with Gasteiger partial charge in [-0.3, -0.25) is 0 Å². The number of furan rings is 1. The first-order chi connectivity index (χ1) is 12.3. The van der Waals surface area contributed by atoms with Crippen LogP contribution in [-0.4, -0.2) is 14.8 Å². The van der Waals surface area contributed by atoms with Crippen LogP contribution >= 0.6 is 0 Å². The van der Waals surface area contributed by atoms with Gasteiger partial charge in [0, 0.05) is 6.42 Å². The van der Waals surface area contributed by atoms with Gasteiger partial charge in [0.1, 0.15) is 17.3 Å². The zero-order chi connectivity index (χ0) is 20.5. The minimum atomic E-state index is -4.84. The number of ether oxygens (including phenoxy) is 1. The minimum absolute atomic E-state index is 0.173. The van der Waals surface area contributed by atoms with Gasteiger partial charge in [0.2, 0.25) is 10.0 Å². The number of hydrogen-bond acceptors (Lipinski definition) is 4.